The van der Waals surface area contributed by atoms with E-state index in [1.165, 1.54) is 0 Å². The highest BCUT2D eigenvalue weighted by atomic mass is 16.6. The van der Waals surface area contributed by atoms with Crippen molar-refractivity contribution in [2.24, 2.45) is 5.41 Å². The summed E-state index contributed by atoms with van der Waals surface area (Å²) in [7, 11) is 1.63. The Labute approximate surface area is 158 Å². The van der Waals surface area contributed by atoms with Crippen LogP contribution in [0.15, 0.2) is 48.5 Å². The molecule has 1 saturated heterocycles. The van der Waals surface area contributed by atoms with Gasteiger partial charge in [0.2, 0.25) is 0 Å². The maximum Gasteiger partial charge on any atom is 0.410 e. The standard InChI is InChI=1S/C22H23NO4/c1-26-18-7-8-19-17(13-18)14-22(20(19)24)9-11-23(12-10-22)21(25)27-15-16-5-3-2-4-6-16/h2-8,13H,9-12,14-15H2,1H3. The first-order valence-corrected chi connectivity index (χ1v) is 9.29. The minimum absolute atomic E-state index is 0.206. The Morgan fingerprint density at radius 3 is 2.56 bits per heavy atom. The van der Waals surface area contributed by atoms with E-state index in [1.54, 1.807) is 12.0 Å². The second-order valence-corrected chi connectivity index (χ2v) is 7.34. The maximum absolute atomic E-state index is 13.0. The molecule has 1 amide bonds. The minimum atomic E-state index is -0.384. The summed E-state index contributed by atoms with van der Waals surface area (Å²) < 4.78 is 10.7. The summed E-state index contributed by atoms with van der Waals surface area (Å²) in [6.45, 7) is 1.36. The fourth-order valence-corrected chi connectivity index (χ4v) is 4.13. The third-order valence-corrected chi connectivity index (χ3v) is 5.75. The summed E-state index contributed by atoms with van der Waals surface area (Å²) >= 11 is 0. The molecule has 0 N–H and O–H groups in total. The first-order chi connectivity index (χ1) is 13.1. The second kappa shape index (κ2) is 7.06. The average molecular weight is 365 g/mol. The maximum atomic E-state index is 13.0. The second-order valence-electron chi connectivity index (χ2n) is 7.34. The summed E-state index contributed by atoms with van der Waals surface area (Å²) in [5, 5.41) is 0. The Morgan fingerprint density at radius 1 is 1.11 bits per heavy atom. The molecule has 0 radical (unpaired) electrons. The number of benzene rings is 2. The molecule has 1 aliphatic carbocycles. The summed E-state index contributed by atoms with van der Waals surface area (Å²) in [4.78, 5) is 27.1. The quantitative estimate of drug-likeness (QED) is 0.829. The molecule has 0 atom stereocenters. The van der Waals surface area contributed by atoms with Gasteiger partial charge in [0.05, 0.1) is 7.11 Å². The Balaban J connectivity index is 1.37. The number of carbonyl (C=O) groups excluding carboxylic acids is 2. The van der Waals surface area contributed by atoms with E-state index < -0.39 is 0 Å². The Hall–Kier alpha value is -2.82. The number of ether oxygens (including phenoxy) is 2. The molecule has 5 nitrogen and oxygen atoms in total. The van der Waals surface area contributed by atoms with Gasteiger partial charge in [-0.25, -0.2) is 4.79 Å². The zero-order valence-electron chi connectivity index (χ0n) is 15.4. The number of nitrogens with zero attached hydrogens (tertiary/aromatic N) is 1. The van der Waals surface area contributed by atoms with Gasteiger partial charge in [0.25, 0.3) is 0 Å². The number of likely N-dealkylation sites (tertiary alicyclic amines) is 1. The largest absolute Gasteiger partial charge is 0.497 e. The SMILES string of the molecule is COc1ccc2c(c1)CC1(CCN(C(=O)OCc3ccccc3)CC1)C2=O. The highest BCUT2D eigenvalue weighted by molar-refractivity contribution is 6.05. The Morgan fingerprint density at radius 2 is 1.85 bits per heavy atom. The molecule has 0 unspecified atom stereocenters. The topological polar surface area (TPSA) is 55.8 Å². The van der Waals surface area contributed by atoms with Gasteiger partial charge < -0.3 is 14.4 Å². The molecule has 4 rings (SSSR count). The first-order valence-electron chi connectivity index (χ1n) is 9.29. The molecule has 1 aliphatic heterocycles. The highest BCUT2D eigenvalue weighted by Gasteiger charge is 2.47. The van der Waals surface area contributed by atoms with Gasteiger partial charge in [-0.1, -0.05) is 30.3 Å². The van der Waals surface area contributed by atoms with E-state index in [-0.39, 0.29) is 23.9 Å². The van der Waals surface area contributed by atoms with Crippen molar-refractivity contribution >= 4 is 11.9 Å². The van der Waals surface area contributed by atoms with Crippen LogP contribution in [-0.4, -0.2) is 37.0 Å². The molecule has 27 heavy (non-hydrogen) atoms. The lowest BCUT2D eigenvalue weighted by Crippen LogP contribution is -2.45. The zero-order valence-corrected chi connectivity index (χ0v) is 15.4. The number of rotatable bonds is 3. The van der Waals surface area contributed by atoms with Gasteiger partial charge in [-0.2, -0.15) is 0 Å². The fraction of sp³-hybridized carbons (Fsp3) is 0.364. The lowest BCUT2D eigenvalue weighted by atomic mass is 9.75. The van der Waals surface area contributed by atoms with Crippen LogP contribution in [0.25, 0.3) is 0 Å². The summed E-state index contributed by atoms with van der Waals surface area (Å²) in [6, 6.07) is 15.3. The molecule has 2 aromatic carbocycles. The van der Waals surface area contributed by atoms with Gasteiger partial charge in [0.15, 0.2) is 5.78 Å². The van der Waals surface area contributed by atoms with Crippen molar-refractivity contribution in [3.05, 3.63) is 65.2 Å². The fourth-order valence-electron chi connectivity index (χ4n) is 4.13. The number of amides is 1. The molecule has 2 aliphatic rings. The van der Waals surface area contributed by atoms with Crippen LogP contribution in [0.4, 0.5) is 4.79 Å². The van der Waals surface area contributed by atoms with Crippen molar-refractivity contribution in [2.45, 2.75) is 25.9 Å². The molecule has 2 aromatic rings. The van der Waals surface area contributed by atoms with Crippen molar-refractivity contribution in [1.29, 1.82) is 0 Å². The summed E-state index contributed by atoms with van der Waals surface area (Å²) in [6.07, 6.45) is 1.76. The van der Waals surface area contributed by atoms with E-state index in [4.69, 9.17) is 9.47 Å². The van der Waals surface area contributed by atoms with Crippen LogP contribution in [0, 0.1) is 5.41 Å². The predicted octanol–water partition coefficient (Wildman–Crippen LogP) is 3.85. The molecule has 1 heterocycles. The number of Topliss-reactive ketones (excluding diaryl/α,β-unsaturated/α-hetero) is 1. The van der Waals surface area contributed by atoms with Gasteiger partial charge in [-0.15, -0.1) is 0 Å². The predicted molar refractivity (Wildman–Crippen MR) is 101 cm³/mol. The van der Waals surface area contributed by atoms with Crippen LogP contribution in [-0.2, 0) is 17.8 Å². The highest BCUT2D eigenvalue weighted by Crippen LogP contribution is 2.45. The molecule has 0 bridgehead atoms. The van der Waals surface area contributed by atoms with E-state index >= 15 is 0 Å². The van der Waals surface area contributed by atoms with E-state index in [1.807, 2.05) is 48.5 Å². The molecule has 5 heteroatoms. The molecule has 0 saturated carbocycles. The van der Waals surface area contributed by atoms with Gasteiger partial charge >= 0.3 is 6.09 Å². The number of piperidine rings is 1. The van der Waals surface area contributed by atoms with Crippen molar-refractivity contribution in [3.8, 4) is 5.75 Å². The summed E-state index contributed by atoms with van der Waals surface area (Å²) in [5.41, 5.74) is 2.44. The zero-order chi connectivity index (χ0) is 18.9. The van der Waals surface area contributed by atoms with Gasteiger partial charge in [-0.05, 0) is 48.6 Å². The average Bonchev–Trinajstić information content (AvgIpc) is 2.98. The number of hydrogen-bond acceptors (Lipinski definition) is 4. The van der Waals surface area contributed by atoms with Crippen LogP contribution in [0.3, 0.4) is 0 Å². The van der Waals surface area contributed by atoms with Crippen LogP contribution >= 0.6 is 0 Å². The van der Waals surface area contributed by atoms with E-state index in [0.29, 0.717) is 25.9 Å². The van der Waals surface area contributed by atoms with Crippen molar-refractivity contribution in [2.75, 3.05) is 20.2 Å². The third-order valence-electron chi connectivity index (χ3n) is 5.75. The van der Waals surface area contributed by atoms with Crippen LogP contribution in [0.2, 0.25) is 0 Å². The summed E-state index contributed by atoms with van der Waals surface area (Å²) in [5.74, 6) is 0.984. The molecule has 1 spiro atoms. The molecule has 140 valence electrons. The number of carbonyl (C=O) groups is 2. The molecule has 1 fully saturated rings. The number of methoxy groups -OCH3 is 1. The molecular weight excluding hydrogens is 342 g/mol. The van der Waals surface area contributed by atoms with Gasteiger partial charge in [0.1, 0.15) is 12.4 Å². The lowest BCUT2D eigenvalue weighted by Gasteiger charge is -2.37. The monoisotopic (exact) mass is 365 g/mol. The van der Waals surface area contributed by atoms with E-state index in [9.17, 15) is 9.59 Å². The van der Waals surface area contributed by atoms with Crippen molar-refractivity contribution in [1.82, 2.24) is 4.90 Å². The van der Waals surface area contributed by atoms with Crippen LogP contribution < -0.4 is 4.74 Å². The van der Waals surface area contributed by atoms with Crippen LogP contribution in [0.5, 0.6) is 5.75 Å². The van der Waals surface area contributed by atoms with Crippen molar-refractivity contribution in [3.63, 3.8) is 0 Å². The smallest absolute Gasteiger partial charge is 0.410 e. The van der Waals surface area contributed by atoms with Gasteiger partial charge in [0, 0.05) is 24.1 Å². The Bertz CT molecular complexity index is 854. The number of ketones is 1. The third kappa shape index (κ3) is 3.29. The van der Waals surface area contributed by atoms with Gasteiger partial charge in [-0.3, -0.25) is 4.79 Å². The lowest BCUT2D eigenvalue weighted by molar-refractivity contribution is 0.0521. The normalized spacial score (nSPS) is 17.7. The van der Waals surface area contributed by atoms with E-state index in [2.05, 4.69) is 0 Å². The Kier molecular flexibility index (Phi) is 4.60. The van der Waals surface area contributed by atoms with E-state index in [0.717, 1.165) is 28.9 Å². The minimum Gasteiger partial charge on any atom is -0.497 e. The van der Waals surface area contributed by atoms with Crippen LogP contribution in [0.1, 0.15) is 34.3 Å². The molecular formula is C22H23NO4. The first kappa shape index (κ1) is 17.6. The van der Waals surface area contributed by atoms with Crippen molar-refractivity contribution < 1.29 is 19.1 Å². The number of hydrogen-bond donors (Lipinski definition) is 0. The number of fused-ring (bicyclic) bond motifs is 1. The molecule has 0 aromatic heterocycles.